The summed E-state index contributed by atoms with van der Waals surface area (Å²) in [6.45, 7) is 10.1. The van der Waals surface area contributed by atoms with Gasteiger partial charge in [-0.25, -0.2) is 0 Å². The van der Waals surface area contributed by atoms with Crippen molar-refractivity contribution in [2.75, 3.05) is 13.1 Å². The average Bonchev–Trinajstić information content (AvgIpc) is 2.18. The van der Waals surface area contributed by atoms with Crippen LogP contribution in [0.15, 0.2) is 0 Å². The summed E-state index contributed by atoms with van der Waals surface area (Å²) in [6, 6.07) is 0. The van der Waals surface area contributed by atoms with Crippen molar-refractivity contribution in [2.45, 2.75) is 97.9 Å². The van der Waals surface area contributed by atoms with E-state index in [4.69, 9.17) is 11.5 Å². The minimum atomic E-state index is 0. The highest BCUT2D eigenvalue weighted by Gasteiger charge is 1.56. The molecule has 0 bridgehead atoms. The van der Waals surface area contributed by atoms with Crippen LogP contribution in [-0.2, 0) is 0 Å². The topological polar surface area (TPSA) is 52.0 Å². The van der Waals surface area contributed by atoms with E-state index in [1.165, 1.54) is 12.8 Å². The smallest absolute Gasteiger partial charge is 0.00799 e. The van der Waals surface area contributed by atoms with Gasteiger partial charge in [0.25, 0.3) is 0 Å². The fourth-order valence-corrected chi connectivity index (χ4v) is 0. The van der Waals surface area contributed by atoms with Gasteiger partial charge in [-0.3, -0.25) is 0 Å². The number of unbranched alkanes of at least 4 members (excludes halogenated alkanes) is 1. The van der Waals surface area contributed by atoms with Gasteiger partial charge in [0.2, 0.25) is 0 Å². The molecule has 0 spiro atoms. The Labute approximate surface area is 123 Å². The zero-order valence-corrected chi connectivity index (χ0v) is 9.40. The van der Waals surface area contributed by atoms with Crippen molar-refractivity contribution in [1.29, 1.82) is 0 Å². The van der Waals surface area contributed by atoms with Gasteiger partial charge < -0.3 is 11.5 Å². The first-order valence-corrected chi connectivity index (χ1v) is 5.14. The molecule has 0 aromatic heterocycles. The Morgan fingerprint density at radius 3 is 0.556 bits per heavy atom. The molecule has 0 fully saturated rings. The molecule has 0 aliphatic carbocycles. The van der Waals surface area contributed by atoms with Crippen molar-refractivity contribution < 1.29 is 0 Å². The highest BCUT2D eigenvalue weighted by Crippen LogP contribution is 1.76. The maximum absolute atomic E-state index is 5.03. The first-order valence-electron chi connectivity index (χ1n) is 5.14. The molecule has 0 aliphatic heterocycles. The first-order chi connectivity index (χ1) is 5.74. The average molecular weight is 273 g/mol. The van der Waals surface area contributed by atoms with Gasteiger partial charge >= 0.3 is 0 Å². The van der Waals surface area contributed by atoms with Gasteiger partial charge in [0.05, 0.1) is 0 Å². The highest BCUT2D eigenvalue weighted by atomic mass is 14.5. The number of hydrogen-bond donors (Lipinski definition) is 2. The third kappa shape index (κ3) is 416. The minimum Gasteiger partial charge on any atom is -0.330 e. The Morgan fingerprint density at radius 1 is 0.444 bits per heavy atom. The van der Waals surface area contributed by atoms with Crippen molar-refractivity contribution in [3.8, 4) is 0 Å². The first kappa shape index (κ1) is 64.5. The van der Waals surface area contributed by atoms with E-state index < -0.39 is 0 Å². The van der Waals surface area contributed by atoms with E-state index in [9.17, 15) is 0 Å². The zero-order valence-electron chi connectivity index (χ0n) is 9.40. The van der Waals surface area contributed by atoms with E-state index in [0.717, 1.165) is 25.9 Å². The molecule has 0 saturated carbocycles. The van der Waals surface area contributed by atoms with E-state index >= 15 is 0 Å². The van der Waals surface area contributed by atoms with Gasteiger partial charge in [-0.05, 0) is 25.9 Å². The maximum Gasteiger partial charge on any atom is -0.00799 e. The third-order valence-electron chi connectivity index (χ3n) is 1.08. The van der Waals surface area contributed by atoms with Crippen LogP contribution >= 0.6 is 0 Å². The van der Waals surface area contributed by atoms with Crippen LogP contribution in [0.3, 0.4) is 0 Å². The molecule has 0 radical (unpaired) electrons. The Hall–Kier alpha value is -0.0800. The molecule has 0 aliphatic rings. The van der Waals surface area contributed by atoms with E-state index in [-0.39, 0.29) is 44.6 Å². The number of rotatable bonds is 3. The van der Waals surface area contributed by atoms with Crippen molar-refractivity contribution in [2.24, 2.45) is 11.5 Å². The Bertz CT molecular complexity index is 24.6. The molecule has 2 nitrogen and oxygen atoms in total. The summed E-state index contributed by atoms with van der Waals surface area (Å²) >= 11 is 0. The second-order valence-corrected chi connectivity index (χ2v) is 2.58. The third-order valence-corrected chi connectivity index (χ3v) is 1.08. The lowest BCUT2D eigenvalue weighted by Gasteiger charge is -1.70. The highest BCUT2D eigenvalue weighted by molar-refractivity contribution is 4.19. The van der Waals surface area contributed by atoms with Gasteiger partial charge in [0.1, 0.15) is 0 Å². The predicted molar refractivity (Wildman–Crippen MR) is 99.7 cm³/mol. The lowest BCUT2D eigenvalue weighted by molar-refractivity contribution is 0.886. The standard InChI is InChI=1S/C4H10.2C3H9N.6CH4/c1-3-4-2;2*1-2-3-4;;;;;;/h3-4H2,1-2H3;2*2-4H2,1H3;6*1H4. The maximum atomic E-state index is 5.03. The van der Waals surface area contributed by atoms with Gasteiger partial charge in [0, 0.05) is 0 Å². The van der Waals surface area contributed by atoms with Crippen LogP contribution in [0.2, 0.25) is 0 Å². The quantitative estimate of drug-likeness (QED) is 0.630. The summed E-state index contributed by atoms with van der Waals surface area (Å²) in [5.41, 5.74) is 10.1. The largest absolute Gasteiger partial charge is 0.330 e. The van der Waals surface area contributed by atoms with Gasteiger partial charge in [-0.2, -0.15) is 0 Å². The summed E-state index contributed by atoms with van der Waals surface area (Å²) < 4.78 is 0. The monoisotopic (exact) mass is 272 g/mol. The molecular formula is C16H52N2. The molecule has 0 aromatic rings. The second-order valence-electron chi connectivity index (χ2n) is 2.58. The van der Waals surface area contributed by atoms with Crippen molar-refractivity contribution in [1.82, 2.24) is 0 Å². The molecule has 18 heavy (non-hydrogen) atoms. The Morgan fingerprint density at radius 2 is 0.556 bits per heavy atom. The van der Waals surface area contributed by atoms with Gasteiger partial charge in [-0.15, -0.1) is 0 Å². The summed E-state index contributed by atoms with van der Waals surface area (Å²) in [6.07, 6.45) is 4.83. The van der Waals surface area contributed by atoms with Crippen LogP contribution in [0.5, 0.6) is 0 Å². The van der Waals surface area contributed by atoms with Crippen LogP contribution in [0.4, 0.5) is 0 Å². The lowest BCUT2D eigenvalue weighted by atomic mass is 10.4. The van der Waals surface area contributed by atoms with Crippen LogP contribution in [0, 0.1) is 0 Å². The molecule has 2 heteroatoms. The van der Waals surface area contributed by atoms with Crippen LogP contribution in [-0.4, -0.2) is 13.1 Å². The molecule has 0 heterocycles. The number of hydrogen-bond acceptors (Lipinski definition) is 2. The zero-order chi connectivity index (χ0) is 10.2. The fourth-order valence-electron chi connectivity index (χ4n) is 0. The van der Waals surface area contributed by atoms with Crippen molar-refractivity contribution in [3.05, 3.63) is 0 Å². The summed E-state index contributed by atoms with van der Waals surface area (Å²) in [4.78, 5) is 0. The molecule has 0 saturated heterocycles. The van der Waals surface area contributed by atoms with Gasteiger partial charge in [0.15, 0.2) is 0 Å². The molecule has 0 atom stereocenters. The molecule has 4 N–H and O–H groups in total. The molecular weight excluding hydrogens is 220 g/mol. The fraction of sp³-hybridized carbons (Fsp3) is 1.00. The van der Waals surface area contributed by atoms with Crippen LogP contribution in [0.25, 0.3) is 0 Å². The normalized spacial score (nSPS) is 5.00. The number of nitrogens with two attached hydrogens (primary N) is 2. The molecule has 0 amide bonds. The Balaban J connectivity index is -0.00000000827. The molecule has 0 unspecified atom stereocenters. The van der Waals surface area contributed by atoms with E-state index in [0.29, 0.717) is 0 Å². The van der Waals surface area contributed by atoms with E-state index in [1.807, 2.05) is 0 Å². The van der Waals surface area contributed by atoms with E-state index in [1.54, 1.807) is 0 Å². The summed E-state index contributed by atoms with van der Waals surface area (Å²) in [5.74, 6) is 0. The lowest BCUT2D eigenvalue weighted by Crippen LogP contribution is -1.93. The van der Waals surface area contributed by atoms with E-state index in [2.05, 4.69) is 27.7 Å². The minimum absolute atomic E-state index is 0. The molecule has 126 valence electrons. The SMILES string of the molecule is C.C.C.C.C.C.CCCC.CCCN.CCCN. The van der Waals surface area contributed by atoms with Crippen LogP contribution in [0.1, 0.15) is 97.9 Å². The summed E-state index contributed by atoms with van der Waals surface area (Å²) in [5, 5.41) is 0. The second kappa shape index (κ2) is 122. The molecule has 0 aromatic carbocycles. The molecule has 0 rings (SSSR count). The Kier molecular flexibility index (Phi) is 438. The summed E-state index contributed by atoms with van der Waals surface area (Å²) in [7, 11) is 0. The predicted octanol–water partition coefficient (Wildman–Crippen LogP) is 6.33. The van der Waals surface area contributed by atoms with Crippen molar-refractivity contribution >= 4 is 0 Å². The van der Waals surface area contributed by atoms with Crippen molar-refractivity contribution in [3.63, 3.8) is 0 Å². The van der Waals surface area contributed by atoms with Gasteiger partial charge in [-0.1, -0.05) is 85.1 Å². The van der Waals surface area contributed by atoms with Crippen LogP contribution < -0.4 is 11.5 Å².